The highest BCUT2D eigenvalue weighted by atomic mass is 32.2. The van der Waals surface area contributed by atoms with Gasteiger partial charge in [0.1, 0.15) is 5.75 Å². The highest BCUT2D eigenvalue weighted by Gasteiger charge is 2.25. The highest BCUT2D eigenvalue weighted by Crippen LogP contribution is 2.31. The topological polar surface area (TPSA) is 61.9 Å². The van der Waals surface area contributed by atoms with E-state index in [4.69, 9.17) is 4.74 Å². The summed E-state index contributed by atoms with van der Waals surface area (Å²) >= 11 is 3.79. The first-order valence-corrected chi connectivity index (χ1v) is 11.8. The van der Waals surface area contributed by atoms with Gasteiger partial charge in [0.2, 0.25) is 0 Å². The molecule has 8 heteroatoms. The Labute approximate surface area is 179 Å². The molecule has 1 aromatic heterocycles. The van der Waals surface area contributed by atoms with Crippen LogP contribution in [0.2, 0.25) is 0 Å². The summed E-state index contributed by atoms with van der Waals surface area (Å²) < 4.78 is 5.20. The second-order valence-electron chi connectivity index (χ2n) is 7.13. The van der Waals surface area contributed by atoms with Crippen LogP contribution in [-0.4, -0.2) is 60.8 Å². The predicted molar refractivity (Wildman–Crippen MR) is 117 cm³/mol. The maximum atomic E-state index is 12.7. The van der Waals surface area contributed by atoms with Gasteiger partial charge in [0.25, 0.3) is 5.91 Å². The van der Waals surface area contributed by atoms with Crippen LogP contribution in [0, 0.1) is 0 Å². The third-order valence-electron chi connectivity index (χ3n) is 5.26. The number of benzene rings is 1. The number of thiophene rings is 1. The number of thioether (sulfide) groups is 1. The van der Waals surface area contributed by atoms with Crippen LogP contribution >= 0.6 is 23.1 Å². The molecule has 0 spiro atoms. The number of piperazine rings is 1. The zero-order chi connectivity index (χ0) is 20.2. The van der Waals surface area contributed by atoms with Crippen LogP contribution in [0.3, 0.4) is 0 Å². The van der Waals surface area contributed by atoms with E-state index >= 15 is 0 Å². The SMILES string of the molecule is COc1cccc(C(=O)N2CCN(C(=O)NCc3cc4c(s3)CCSC4)CC2)c1. The lowest BCUT2D eigenvalue weighted by atomic mass is 10.1. The number of nitrogens with zero attached hydrogens (tertiary/aromatic N) is 2. The van der Waals surface area contributed by atoms with Crippen LogP contribution in [0.5, 0.6) is 5.75 Å². The molecule has 1 saturated heterocycles. The Morgan fingerprint density at radius 2 is 1.93 bits per heavy atom. The fourth-order valence-corrected chi connectivity index (χ4v) is 5.94. The molecule has 0 radical (unpaired) electrons. The van der Waals surface area contributed by atoms with Crippen LogP contribution in [0.4, 0.5) is 4.79 Å². The van der Waals surface area contributed by atoms with Crippen molar-refractivity contribution in [2.75, 3.05) is 39.0 Å². The van der Waals surface area contributed by atoms with Gasteiger partial charge in [-0.05, 0) is 42.0 Å². The molecule has 1 N–H and O–H groups in total. The fraction of sp³-hybridized carbons (Fsp3) is 0.429. The summed E-state index contributed by atoms with van der Waals surface area (Å²) in [5.74, 6) is 2.93. The summed E-state index contributed by atoms with van der Waals surface area (Å²) in [7, 11) is 1.59. The van der Waals surface area contributed by atoms with E-state index in [0.29, 0.717) is 44.0 Å². The lowest BCUT2D eigenvalue weighted by Gasteiger charge is -2.34. The molecule has 4 rings (SSSR count). The molecule has 3 amide bonds. The van der Waals surface area contributed by atoms with Gasteiger partial charge < -0.3 is 19.9 Å². The Balaban J connectivity index is 1.27. The number of carbonyl (C=O) groups is 2. The number of rotatable bonds is 4. The van der Waals surface area contributed by atoms with Gasteiger partial charge in [-0.15, -0.1) is 11.3 Å². The second-order valence-corrected chi connectivity index (χ2v) is 9.46. The van der Waals surface area contributed by atoms with Crippen molar-refractivity contribution >= 4 is 35.0 Å². The molecule has 0 bridgehead atoms. The smallest absolute Gasteiger partial charge is 0.317 e. The van der Waals surface area contributed by atoms with E-state index < -0.39 is 0 Å². The van der Waals surface area contributed by atoms with Crippen molar-refractivity contribution in [2.45, 2.75) is 18.7 Å². The van der Waals surface area contributed by atoms with Gasteiger partial charge >= 0.3 is 6.03 Å². The van der Waals surface area contributed by atoms with Gasteiger partial charge in [0, 0.05) is 47.2 Å². The molecule has 3 heterocycles. The van der Waals surface area contributed by atoms with Gasteiger partial charge in [-0.25, -0.2) is 4.79 Å². The molecule has 0 saturated carbocycles. The zero-order valence-corrected chi connectivity index (χ0v) is 18.1. The molecule has 29 heavy (non-hydrogen) atoms. The number of amides is 3. The van der Waals surface area contributed by atoms with Gasteiger partial charge in [-0.1, -0.05) is 6.07 Å². The summed E-state index contributed by atoms with van der Waals surface area (Å²) in [5, 5.41) is 3.04. The summed E-state index contributed by atoms with van der Waals surface area (Å²) in [6.07, 6.45) is 1.14. The van der Waals surface area contributed by atoms with Crippen LogP contribution in [0.25, 0.3) is 0 Å². The molecule has 2 aliphatic heterocycles. The lowest BCUT2D eigenvalue weighted by Crippen LogP contribution is -2.53. The maximum Gasteiger partial charge on any atom is 0.317 e. The largest absolute Gasteiger partial charge is 0.497 e. The van der Waals surface area contributed by atoms with E-state index in [1.54, 1.807) is 29.0 Å². The molecular weight excluding hydrogens is 406 g/mol. The summed E-state index contributed by atoms with van der Waals surface area (Å²) in [5.41, 5.74) is 2.04. The number of hydrogen-bond acceptors (Lipinski definition) is 5. The Kier molecular flexibility index (Phi) is 6.30. The van der Waals surface area contributed by atoms with Crippen LogP contribution in [0.15, 0.2) is 30.3 Å². The van der Waals surface area contributed by atoms with Crippen molar-refractivity contribution in [3.63, 3.8) is 0 Å². The molecular formula is C21H25N3O3S2. The molecule has 1 fully saturated rings. The monoisotopic (exact) mass is 431 g/mol. The maximum absolute atomic E-state index is 12.7. The first kappa shape index (κ1) is 20.1. The number of fused-ring (bicyclic) bond motifs is 1. The first-order chi connectivity index (χ1) is 14.1. The minimum Gasteiger partial charge on any atom is -0.497 e. The fourth-order valence-electron chi connectivity index (χ4n) is 3.62. The molecule has 0 unspecified atom stereocenters. The number of carbonyl (C=O) groups excluding carboxylic acids is 2. The molecule has 1 aromatic carbocycles. The average Bonchev–Trinajstić information content (AvgIpc) is 3.20. The van der Waals surface area contributed by atoms with E-state index in [1.807, 2.05) is 35.2 Å². The molecule has 0 aliphatic carbocycles. The number of ether oxygens (including phenoxy) is 1. The Bertz CT molecular complexity index is 868. The van der Waals surface area contributed by atoms with E-state index in [1.165, 1.54) is 21.1 Å². The van der Waals surface area contributed by atoms with Gasteiger partial charge in [0.05, 0.1) is 13.7 Å². The van der Waals surface area contributed by atoms with Crippen molar-refractivity contribution < 1.29 is 14.3 Å². The van der Waals surface area contributed by atoms with Crippen LogP contribution in [-0.2, 0) is 18.7 Å². The van der Waals surface area contributed by atoms with Crippen molar-refractivity contribution in [2.24, 2.45) is 0 Å². The first-order valence-electron chi connectivity index (χ1n) is 9.78. The lowest BCUT2D eigenvalue weighted by molar-refractivity contribution is 0.0664. The van der Waals surface area contributed by atoms with Gasteiger partial charge in [0.15, 0.2) is 0 Å². The standard InChI is InChI=1S/C21H25N3O3S2/c1-27-17-4-2-3-15(11-17)20(25)23-6-8-24(9-7-23)21(26)22-13-18-12-16-14-28-10-5-19(16)29-18/h2-4,11-12H,5-10,13-14H2,1H3,(H,22,26). The third-order valence-corrected chi connectivity index (χ3v) is 7.51. The Morgan fingerprint density at radius 3 is 2.69 bits per heavy atom. The summed E-state index contributed by atoms with van der Waals surface area (Å²) in [6, 6.07) is 9.36. The normalized spacial score (nSPS) is 16.3. The highest BCUT2D eigenvalue weighted by molar-refractivity contribution is 7.98. The Hall–Kier alpha value is -2.19. The molecule has 0 atom stereocenters. The van der Waals surface area contributed by atoms with E-state index in [0.717, 1.165) is 12.2 Å². The third kappa shape index (κ3) is 4.70. The molecule has 6 nitrogen and oxygen atoms in total. The van der Waals surface area contributed by atoms with Gasteiger partial charge in [-0.2, -0.15) is 11.8 Å². The minimum absolute atomic E-state index is 0.0222. The van der Waals surface area contributed by atoms with Crippen molar-refractivity contribution in [1.29, 1.82) is 0 Å². The Morgan fingerprint density at radius 1 is 1.14 bits per heavy atom. The number of nitrogens with one attached hydrogen (secondary N) is 1. The summed E-state index contributed by atoms with van der Waals surface area (Å²) in [4.78, 5) is 31.5. The number of aryl methyl sites for hydroxylation is 1. The molecule has 2 aliphatic rings. The van der Waals surface area contributed by atoms with Crippen molar-refractivity contribution in [3.05, 3.63) is 51.2 Å². The second kappa shape index (κ2) is 9.09. The number of urea groups is 1. The van der Waals surface area contributed by atoms with Gasteiger partial charge in [-0.3, -0.25) is 4.79 Å². The summed E-state index contributed by atoms with van der Waals surface area (Å²) in [6.45, 7) is 2.73. The van der Waals surface area contributed by atoms with E-state index in [2.05, 4.69) is 11.4 Å². The number of methoxy groups -OCH3 is 1. The number of hydrogen-bond donors (Lipinski definition) is 1. The quantitative estimate of drug-likeness (QED) is 0.808. The van der Waals surface area contributed by atoms with Crippen molar-refractivity contribution in [1.82, 2.24) is 15.1 Å². The zero-order valence-electron chi connectivity index (χ0n) is 16.5. The van der Waals surface area contributed by atoms with Crippen molar-refractivity contribution in [3.8, 4) is 5.75 Å². The van der Waals surface area contributed by atoms with Crippen LogP contribution < -0.4 is 10.1 Å². The van der Waals surface area contributed by atoms with Crippen LogP contribution in [0.1, 0.15) is 25.7 Å². The van der Waals surface area contributed by atoms with E-state index in [-0.39, 0.29) is 11.9 Å². The minimum atomic E-state index is -0.0563. The predicted octanol–water partition coefficient (Wildman–Crippen LogP) is 3.21. The average molecular weight is 432 g/mol. The van der Waals surface area contributed by atoms with E-state index in [9.17, 15) is 9.59 Å². The molecule has 154 valence electrons. The molecule has 2 aromatic rings.